The van der Waals surface area contributed by atoms with E-state index >= 15 is 0 Å². The summed E-state index contributed by atoms with van der Waals surface area (Å²) >= 11 is 0. The number of nitrogens with one attached hydrogen (secondary N) is 3. The van der Waals surface area contributed by atoms with Gasteiger partial charge in [-0.05, 0) is 12.8 Å². The third-order valence-electron chi connectivity index (χ3n) is 4.62. The summed E-state index contributed by atoms with van der Waals surface area (Å²) in [6.07, 6.45) is -2.73. The lowest BCUT2D eigenvalue weighted by Gasteiger charge is -2.27. The number of hydrogen-bond donors (Lipinski definition) is 8. The highest BCUT2D eigenvalue weighted by molar-refractivity contribution is 5.96. The van der Waals surface area contributed by atoms with Crippen molar-refractivity contribution in [3.63, 3.8) is 0 Å². The van der Waals surface area contributed by atoms with Gasteiger partial charge in [0.05, 0.1) is 18.9 Å². The van der Waals surface area contributed by atoms with Crippen molar-refractivity contribution in [3.8, 4) is 0 Å². The van der Waals surface area contributed by atoms with Crippen LogP contribution in [0.5, 0.6) is 0 Å². The van der Waals surface area contributed by atoms with Crippen LogP contribution in [0.4, 0.5) is 0 Å². The number of carboxylic acid groups (broad SMARTS) is 3. The Morgan fingerprint density at radius 2 is 1.25 bits per heavy atom. The van der Waals surface area contributed by atoms with Gasteiger partial charge in [-0.1, -0.05) is 20.3 Å². The van der Waals surface area contributed by atoms with Crippen LogP contribution in [0.1, 0.15) is 40.0 Å². The lowest BCUT2D eigenvalue weighted by atomic mass is 9.97. The number of aliphatic hydroxyl groups is 1. The summed E-state index contributed by atoms with van der Waals surface area (Å²) < 4.78 is 0. The molecule has 0 fully saturated rings. The maximum absolute atomic E-state index is 12.7. The number of aliphatic hydroxyl groups excluding tert-OH is 1. The van der Waals surface area contributed by atoms with Crippen molar-refractivity contribution in [3.05, 3.63) is 0 Å². The van der Waals surface area contributed by atoms with Gasteiger partial charge >= 0.3 is 17.9 Å². The van der Waals surface area contributed by atoms with E-state index in [0.717, 1.165) is 0 Å². The summed E-state index contributed by atoms with van der Waals surface area (Å²) in [7, 11) is 0. The highest BCUT2D eigenvalue weighted by Gasteiger charge is 2.34. The number of carbonyl (C=O) groups excluding carboxylic acids is 3. The number of carbonyl (C=O) groups is 6. The molecular formula is C18H30N4O10. The van der Waals surface area contributed by atoms with E-state index in [-0.39, 0.29) is 0 Å². The normalized spacial score (nSPS) is 16.4. The first kappa shape index (κ1) is 28.7. The SMILES string of the molecule is CCC(C)C(NC(=O)C(CC(=O)O)NC(=O)C(N)C(C)O)C(=O)NC(CC(=O)O)C(=O)O. The van der Waals surface area contributed by atoms with Crippen LogP contribution in [-0.4, -0.2) is 86.3 Å². The summed E-state index contributed by atoms with van der Waals surface area (Å²) in [5.74, 6) is -8.16. The van der Waals surface area contributed by atoms with E-state index in [1.807, 2.05) is 5.32 Å². The number of carboxylic acids is 3. The Balaban J connectivity index is 5.61. The van der Waals surface area contributed by atoms with Gasteiger partial charge in [-0.25, -0.2) is 4.79 Å². The molecule has 0 saturated carbocycles. The molecule has 9 N–H and O–H groups in total. The van der Waals surface area contributed by atoms with E-state index < -0.39 is 84.7 Å². The summed E-state index contributed by atoms with van der Waals surface area (Å²) in [6.45, 7) is 4.43. The van der Waals surface area contributed by atoms with Crippen molar-refractivity contribution >= 4 is 35.6 Å². The molecule has 0 radical (unpaired) electrons. The van der Waals surface area contributed by atoms with Gasteiger partial charge in [-0.2, -0.15) is 0 Å². The quantitative estimate of drug-likeness (QED) is 0.131. The molecule has 0 spiro atoms. The fraction of sp³-hybridized carbons (Fsp3) is 0.667. The van der Waals surface area contributed by atoms with Crippen molar-refractivity contribution in [1.82, 2.24) is 16.0 Å². The minimum atomic E-state index is -1.76. The molecule has 0 saturated heterocycles. The van der Waals surface area contributed by atoms with E-state index in [0.29, 0.717) is 6.42 Å². The molecule has 0 aromatic carbocycles. The average molecular weight is 462 g/mol. The third kappa shape index (κ3) is 9.70. The molecule has 0 aromatic heterocycles. The van der Waals surface area contributed by atoms with E-state index in [2.05, 4.69) is 10.6 Å². The van der Waals surface area contributed by atoms with Gasteiger partial charge in [-0.15, -0.1) is 0 Å². The fourth-order valence-corrected chi connectivity index (χ4v) is 2.46. The van der Waals surface area contributed by atoms with Crippen molar-refractivity contribution < 1.29 is 49.2 Å². The van der Waals surface area contributed by atoms with Gasteiger partial charge in [0.15, 0.2) is 0 Å². The Kier molecular flexibility index (Phi) is 11.9. The van der Waals surface area contributed by atoms with Gasteiger partial charge < -0.3 is 42.1 Å². The molecule has 14 heteroatoms. The molecule has 32 heavy (non-hydrogen) atoms. The van der Waals surface area contributed by atoms with Crippen molar-refractivity contribution in [2.45, 2.75) is 70.3 Å². The molecule has 0 bridgehead atoms. The molecule has 182 valence electrons. The maximum atomic E-state index is 12.7. The van der Waals surface area contributed by atoms with Crippen LogP contribution in [-0.2, 0) is 28.8 Å². The number of rotatable bonds is 14. The molecular weight excluding hydrogens is 432 g/mol. The summed E-state index contributed by atoms with van der Waals surface area (Å²) in [5.41, 5.74) is 5.47. The average Bonchev–Trinajstić information content (AvgIpc) is 2.68. The van der Waals surface area contributed by atoms with Gasteiger partial charge in [0.2, 0.25) is 17.7 Å². The largest absolute Gasteiger partial charge is 0.481 e. The van der Waals surface area contributed by atoms with Gasteiger partial charge in [-0.3, -0.25) is 24.0 Å². The Labute approximate surface area is 183 Å². The topological polar surface area (TPSA) is 245 Å². The molecule has 0 aromatic rings. The molecule has 0 aliphatic rings. The first-order chi connectivity index (χ1) is 14.7. The Hall–Kier alpha value is -3.26. The van der Waals surface area contributed by atoms with Crippen LogP contribution in [0, 0.1) is 5.92 Å². The predicted octanol–water partition coefficient (Wildman–Crippen LogP) is -2.77. The first-order valence-corrected chi connectivity index (χ1v) is 9.72. The van der Waals surface area contributed by atoms with E-state index in [1.165, 1.54) is 6.92 Å². The van der Waals surface area contributed by atoms with Gasteiger partial charge in [0, 0.05) is 0 Å². The highest BCUT2D eigenvalue weighted by Crippen LogP contribution is 2.10. The zero-order valence-corrected chi connectivity index (χ0v) is 17.9. The second kappa shape index (κ2) is 13.2. The minimum Gasteiger partial charge on any atom is -0.481 e. The Morgan fingerprint density at radius 3 is 1.66 bits per heavy atom. The number of aliphatic carboxylic acids is 3. The van der Waals surface area contributed by atoms with Crippen LogP contribution in [0.25, 0.3) is 0 Å². The van der Waals surface area contributed by atoms with Gasteiger partial charge in [0.25, 0.3) is 0 Å². The van der Waals surface area contributed by atoms with E-state index in [9.17, 15) is 33.9 Å². The zero-order valence-electron chi connectivity index (χ0n) is 17.9. The van der Waals surface area contributed by atoms with Crippen LogP contribution in [0.2, 0.25) is 0 Å². The highest BCUT2D eigenvalue weighted by atomic mass is 16.4. The lowest BCUT2D eigenvalue weighted by Crippen LogP contribution is -2.59. The smallest absolute Gasteiger partial charge is 0.326 e. The number of amides is 3. The van der Waals surface area contributed by atoms with Crippen molar-refractivity contribution in [2.24, 2.45) is 11.7 Å². The van der Waals surface area contributed by atoms with Crippen LogP contribution in [0.3, 0.4) is 0 Å². The monoisotopic (exact) mass is 462 g/mol. The number of hydrogen-bond acceptors (Lipinski definition) is 8. The molecule has 0 aliphatic carbocycles. The standard InChI is InChI=1S/C18H30N4O10/c1-4-7(2)14(17(30)21-10(18(31)32)6-12(26)27)22-15(28)9(5-11(24)25)20-16(29)13(19)8(3)23/h7-10,13-14,23H,4-6,19H2,1-3H3,(H,20,29)(H,21,30)(H,22,28)(H,24,25)(H,26,27)(H,31,32). The fourth-order valence-electron chi connectivity index (χ4n) is 2.46. The molecule has 0 heterocycles. The molecule has 6 atom stereocenters. The van der Waals surface area contributed by atoms with Crippen LogP contribution in [0.15, 0.2) is 0 Å². The summed E-state index contributed by atoms with van der Waals surface area (Å²) in [5, 5.41) is 42.7. The molecule has 0 rings (SSSR count). The van der Waals surface area contributed by atoms with Gasteiger partial charge in [0.1, 0.15) is 24.2 Å². The molecule has 14 nitrogen and oxygen atoms in total. The van der Waals surface area contributed by atoms with Crippen molar-refractivity contribution in [1.29, 1.82) is 0 Å². The second-order valence-electron chi connectivity index (χ2n) is 7.29. The van der Waals surface area contributed by atoms with Crippen molar-refractivity contribution in [2.75, 3.05) is 0 Å². The van der Waals surface area contributed by atoms with Crippen LogP contribution < -0.4 is 21.7 Å². The zero-order chi connectivity index (χ0) is 25.2. The summed E-state index contributed by atoms with van der Waals surface area (Å²) in [6, 6.07) is -6.22. The second-order valence-corrected chi connectivity index (χ2v) is 7.29. The molecule has 6 unspecified atom stereocenters. The Morgan fingerprint density at radius 1 is 0.781 bits per heavy atom. The predicted molar refractivity (Wildman–Crippen MR) is 107 cm³/mol. The maximum Gasteiger partial charge on any atom is 0.326 e. The molecule has 3 amide bonds. The minimum absolute atomic E-state index is 0.331. The third-order valence-corrected chi connectivity index (χ3v) is 4.62. The summed E-state index contributed by atoms with van der Waals surface area (Å²) in [4.78, 5) is 70.5. The van der Waals surface area contributed by atoms with E-state index in [4.69, 9.17) is 21.1 Å². The molecule has 0 aliphatic heterocycles. The number of nitrogens with two attached hydrogens (primary N) is 1. The van der Waals surface area contributed by atoms with E-state index in [1.54, 1.807) is 13.8 Å². The Bertz CT molecular complexity index is 727. The lowest BCUT2D eigenvalue weighted by molar-refractivity contribution is -0.147. The van der Waals surface area contributed by atoms with Crippen LogP contribution >= 0.6 is 0 Å². The first-order valence-electron chi connectivity index (χ1n) is 9.72.